The number of imide groups is 1. The normalized spacial score (nSPS) is 11.4. The van der Waals surface area contributed by atoms with Crippen molar-refractivity contribution in [1.29, 1.82) is 0 Å². The van der Waals surface area contributed by atoms with Crippen LogP contribution in [0.2, 0.25) is 0 Å². The maximum absolute atomic E-state index is 13.2. The number of nitrogens with one attached hydrogen (secondary N) is 2. The lowest BCUT2D eigenvalue weighted by Crippen LogP contribution is -2.42. The molecule has 3 aromatic carbocycles. The Hall–Kier alpha value is -3.50. The van der Waals surface area contributed by atoms with E-state index in [2.05, 4.69) is 10.6 Å². The van der Waals surface area contributed by atoms with Crippen molar-refractivity contribution in [2.24, 2.45) is 0 Å². The first-order chi connectivity index (χ1) is 16.9. The van der Waals surface area contributed by atoms with Crippen molar-refractivity contribution in [3.05, 3.63) is 78.4 Å². The van der Waals surface area contributed by atoms with Gasteiger partial charge in [-0.25, -0.2) is 14.5 Å². The molecule has 1 atom stereocenters. The molecule has 2 N–H and O–H groups in total. The molecule has 35 heavy (non-hydrogen) atoms. The topological polar surface area (TPSA) is 105 Å². The predicted octanol–water partition coefficient (Wildman–Crippen LogP) is 5.05. The molecule has 0 saturated carbocycles. The summed E-state index contributed by atoms with van der Waals surface area (Å²) in [4.78, 5) is 50.7. The molecule has 182 valence electrons. The summed E-state index contributed by atoms with van der Waals surface area (Å²) < 4.78 is 4.70. The minimum absolute atomic E-state index is 0.0654. The number of amides is 4. The Bertz CT molecular complexity index is 1200. The summed E-state index contributed by atoms with van der Waals surface area (Å²) in [5.74, 6) is -0.916. The van der Waals surface area contributed by atoms with E-state index < -0.39 is 29.2 Å². The third-order valence-corrected chi connectivity index (χ3v) is 7.05. The van der Waals surface area contributed by atoms with Crippen LogP contribution in [0.4, 0.5) is 15.3 Å². The molecule has 8 nitrogen and oxygen atoms in total. The molecule has 0 aliphatic rings. The number of hydrogen-bond acceptors (Lipinski definition) is 7. The second-order valence-corrected chi connectivity index (χ2v) is 9.73. The van der Waals surface area contributed by atoms with E-state index in [0.717, 1.165) is 42.8 Å². The number of nitrogens with zero attached hydrogens (tertiary/aromatic N) is 1. The summed E-state index contributed by atoms with van der Waals surface area (Å²) in [6, 6.07) is 20.9. The zero-order chi connectivity index (χ0) is 25.2. The largest absolute Gasteiger partial charge is 0.467 e. The van der Waals surface area contributed by atoms with Gasteiger partial charge in [0.15, 0.2) is 0 Å². The van der Waals surface area contributed by atoms with E-state index in [-0.39, 0.29) is 12.3 Å². The Kier molecular flexibility index (Phi) is 9.56. The van der Waals surface area contributed by atoms with Gasteiger partial charge in [0.05, 0.1) is 19.3 Å². The van der Waals surface area contributed by atoms with Crippen LogP contribution in [0.5, 0.6) is 0 Å². The second kappa shape index (κ2) is 12.8. The highest BCUT2D eigenvalue weighted by atomic mass is 33.1. The molecular weight excluding hydrogens is 486 g/mol. The van der Waals surface area contributed by atoms with Crippen molar-refractivity contribution in [3.63, 3.8) is 0 Å². The zero-order valence-electron chi connectivity index (χ0n) is 19.2. The molecule has 0 aromatic heterocycles. The Labute approximate surface area is 211 Å². The van der Waals surface area contributed by atoms with Crippen molar-refractivity contribution >= 4 is 61.2 Å². The monoisotopic (exact) mass is 511 g/mol. The van der Waals surface area contributed by atoms with Crippen LogP contribution in [0.15, 0.2) is 72.8 Å². The number of anilines is 1. The molecular formula is C25H25N3O5S2. The maximum Gasteiger partial charge on any atom is 0.329 e. The Morgan fingerprint density at radius 3 is 2.34 bits per heavy atom. The van der Waals surface area contributed by atoms with Crippen LogP contribution in [0, 0.1) is 0 Å². The predicted molar refractivity (Wildman–Crippen MR) is 140 cm³/mol. The summed E-state index contributed by atoms with van der Waals surface area (Å²) in [5.41, 5.74) is 1.37. The molecule has 0 fully saturated rings. The molecule has 10 heteroatoms. The molecule has 3 rings (SSSR count). The number of ether oxygens (including phenoxy) is 1. The van der Waals surface area contributed by atoms with E-state index in [1.807, 2.05) is 66.7 Å². The number of benzene rings is 3. The molecule has 3 aromatic rings. The fourth-order valence-corrected chi connectivity index (χ4v) is 5.20. The highest BCUT2D eigenvalue weighted by Gasteiger charge is 2.26. The number of rotatable bonds is 8. The number of esters is 1. The van der Waals surface area contributed by atoms with Gasteiger partial charge in [-0.2, -0.15) is 0 Å². The smallest absolute Gasteiger partial charge is 0.329 e. The fraction of sp³-hybridized carbons (Fsp3) is 0.200. The van der Waals surface area contributed by atoms with E-state index in [9.17, 15) is 19.2 Å². The van der Waals surface area contributed by atoms with Crippen LogP contribution in [-0.2, 0) is 20.9 Å². The lowest BCUT2D eigenvalue weighted by atomic mass is 10.1. The lowest BCUT2D eigenvalue weighted by molar-refractivity contribution is -0.144. The molecule has 0 aliphatic carbocycles. The third-order valence-electron chi connectivity index (χ3n) is 4.91. The van der Waals surface area contributed by atoms with E-state index in [1.54, 1.807) is 6.07 Å². The quantitative estimate of drug-likeness (QED) is 0.322. The summed E-state index contributed by atoms with van der Waals surface area (Å²) in [7, 11) is 3.09. The van der Waals surface area contributed by atoms with Crippen molar-refractivity contribution in [1.82, 2.24) is 10.2 Å². The Balaban J connectivity index is 1.74. The van der Waals surface area contributed by atoms with Gasteiger partial charge in [0.1, 0.15) is 6.04 Å². The van der Waals surface area contributed by atoms with Crippen molar-refractivity contribution in [2.75, 3.05) is 18.2 Å². The number of fused-ring (bicyclic) bond motifs is 1. The lowest BCUT2D eigenvalue weighted by Gasteiger charge is -2.22. The Morgan fingerprint density at radius 1 is 0.943 bits per heavy atom. The molecule has 0 spiro atoms. The minimum atomic E-state index is -0.908. The first-order valence-electron chi connectivity index (χ1n) is 10.7. The van der Waals surface area contributed by atoms with E-state index in [4.69, 9.17) is 4.74 Å². The van der Waals surface area contributed by atoms with Gasteiger partial charge in [0, 0.05) is 28.9 Å². The van der Waals surface area contributed by atoms with Gasteiger partial charge in [-0.05, 0) is 17.0 Å². The molecule has 0 saturated heterocycles. The highest BCUT2D eigenvalue weighted by molar-refractivity contribution is 8.82. The van der Waals surface area contributed by atoms with Gasteiger partial charge in [-0.1, -0.05) is 77.5 Å². The van der Waals surface area contributed by atoms with Crippen LogP contribution in [-0.4, -0.2) is 47.0 Å². The van der Waals surface area contributed by atoms with Crippen molar-refractivity contribution in [3.8, 4) is 0 Å². The Morgan fingerprint density at radius 2 is 1.63 bits per heavy atom. The first-order valence-corrected chi connectivity index (χ1v) is 13.0. The average Bonchev–Trinajstić information content (AvgIpc) is 2.86. The number of carbonyl (C=O) groups excluding carboxylic acids is 4. The minimum Gasteiger partial charge on any atom is -0.467 e. The molecule has 0 heterocycles. The van der Waals surface area contributed by atoms with Crippen LogP contribution in [0.3, 0.4) is 0 Å². The van der Waals surface area contributed by atoms with Gasteiger partial charge < -0.3 is 15.4 Å². The van der Waals surface area contributed by atoms with E-state index in [0.29, 0.717) is 5.69 Å². The highest BCUT2D eigenvalue weighted by Crippen LogP contribution is 2.28. The van der Waals surface area contributed by atoms with Crippen molar-refractivity contribution in [2.45, 2.75) is 19.5 Å². The van der Waals surface area contributed by atoms with Gasteiger partial charge in [-0.15, -0.1) is 0 Å². The summed E-state index contributed by atoms with van der Waals surface area (Å²) in [5, 5.41) is 6.65. The van der Waals surface area contributed by atoms with Gasteiger partial charge in [-0.3, -0.25) is 9.59 Å². The van der Waals surface area contributed by atoms with Crippen LogP contribution in [0.25, 0.3) is 10.8 Å². The zero-order valence-corrected chi connectivity index (χ0v) is 20.9. The average molecular weight is 512 g/mol. The summed E-state index contributed by atoms with van der Waals surface area (Å²) in [6.45, 7) is 1.36. The summed E-state index contributed by atoms with van der Waals surface area (Å²) >= 11 is 0. The second-order valence-electron chi connectivity index (χ2n) is 7.44. The fourth-order valence-electron chi connectivity index (χ4n) is 3.26. The standard InChI is InChI=1S/C25H25N3O5S2/c1-17(29)26-22(23(30)33-2)16-34-35-25(32)28(15-18-9-4-3-5-10-18)24(31)27-21-14-8-12-19-11-6-7-13-20(19)21/h3-14,22H,15-16H2,1-2H3,(H,26,29)(H,27,31). The van der Waals surface area contributed by atoms with Crippen LogP contribution >= 0.6 is 21.6 Å². The van der Waals surface area contributed by atoms with E-state index in [1.165, 1.54) is 14.0 Å². The van der Waals surface area contributed by atoms with E-state index >= 15 is 0 Å². The van der Waals surface area contributed by atoms with Gasteiger partial charge >= 0.3 is 17.2 Å². The van der Waals surface area contributed by atoms with Crippen LogP contribution < -0.4 is 10.6 Å². The first kappa shape index (κ1) is 26.1. The maximum atomic E-state index is 13.2. The molecule has 1 unspecified atom stereocenters. The molecule has 0 bridgehead atoms. The van der Waals surface area contributed by atoms with Gasteiger partial charge in [0.25, 0.3) is 0 Å². The third kappa shape index (κ3) is 7.49. The number of urea groups is 1. The number of methoxy groups -OCH3 is 1. The SMILES string of the molecule is COC(=O)C(CSSC(=O)N(Cc1ccccc1)C(=O)Nc1cccc2ccccc12)NC(C)=O. The van der Waals surface area contributed by atoms with Crippen molar-refractivity contribution < 1.29 is 23.9 Å². The van der Waals surface area contributed by atoms with Crippen LogP contribution in [0.1, 0.15) is 12.5 Å². The van der Waals surface area contributed by atoms with Gasteiger partial charge in [0.2, 0.25) is 5.91 Å². The number of hydrogen-bond donors (Lipinski definition) is 2. The molecule has 4 amide bonds. The number of carbonyl (C=O) groups is 4. The summed E-state index contributed by atoms with van der Waals surface area (Å²) in [6.07, 6.45) is 0. The molecule has 0 aliphatic heterocycles. The molecule has 0 radical (unpaired) electrons.